The number of hydrogen-bond acceptors (Lipinski definition) is 4. The summed E-state index contributed by atoms with van der Waals surface area (Å²) in [5.74, 6) is -0.840. The summed E-state index contributed by atoms with van der Waals surface area (Å²) in [7, 11) is 1.28. The van der Waals surface area contributed by atoms with E-state index in [2.05, 4.69) is 10.1 Å². The minimum absolute atomic E-state index is 0.0812. The Kier molecular flexibility index (Phi) is 3.37. The third-order valence-corrected chi connectivity index (χ3v) is 2.69. The highest BCUT2D eigenvalue weighted by Crippen LogP contribution is 2.33. The quantitative estimate of drug-likeness (QED) is 0.811. The van der Waals surface area contributed by atoms with Crippen LogP contribution in [0.25, 0.3) is 10.8 Å². The van der Waals surface area contributed by atoms with E-state index in [0.717, 1.165) is 0 Å². The zero-order valence-corrected chi connectivity index (χ0v) is 10.6. The molecule has 2 aromatic rings. The Morgan fingerprint density at radius 1 is 1.26 bits per heavy atom. The normalized spacial score (nSPS) is 10.2. The van der Waals surface area contributed by atoms with Gasteiger partial charge >= 0.3 is 5.97 Å². The van der Waals surface area contributed by atoms with Crippen LogP contribution in [-0.2, 0) is 9.53 Å². The largest absolute Gasteiger partial charge is 0.507 e. The number of phenols is 1. The van der Waals surface area contributed by atoms with E-state index < -0.39 is 5.97 Å². The first-order valence-electron chi connectivity index (χ1n) is 5.64. The number of ether oxygens (including phenoxy) is 1. The van der Waals surface area contributed by atoms with Gasteiger partial charge in [-0.25, -0.2) is 4.79 Å². The number of methoxy groups -OCH3 is 1. The van der Waals surface area contributed by atoms with Crippen LogP contribution in [0, 0.1) is 0 Å². The molecule has 0 aliphatic heterocycles. The summed E-state index contributed by atoms with van der Waals surface area (Å²) in [6, 6.07) is 8.08. The van der Waals surface area contributed by atoms with E-state index in [4.69, 9.17) is 0 Å². The van der Waals surface area contributed by atoms with Gasteiger partial charge in [0.1, 0.15) is 5.75 Å². The zero-order valence-electron chi connectivity index (χ0n) is 10.6. The smallest absolute Gasteiger partial charge is 0.338 e. The summed E-state index contributed by atoms with van der Waals surface area (Å²) < 4.78 is 4.62. The van der Waals surface area contributed by atoms with E-state index in [-0.39, 0.29) is 17.2 Å². The summed E-state index contributed by atoms with van der Waals surface area (Å²) in [5, 5.41) is 13.8. The number of aromatic hydroxyl groups is 1. The van der Waals surface area contributed by atoms with Gasteiger partial charge < -0.3 is 15.2 Å². The van der Waals surface area contributed by atoms with E-state index in [0.29, 0.717) is 16.5 Å². The minimum Gasteiger partial charge on any atom is -0.507 e. The molecule has 0 aliphatic rings. The van der Waals surface area contributed by atoms with E-state index in [9.17, 15) is 14.7 Å². The molecule has 0 saturated heterocycles. The van der Waals surface area contributed by atoms with Crippen LogP contribution in [0.2, 0.25) is 0 Å². The third kappa shape index (κ3) is 2.49. The highest BCUT2D eigenvalue weighted by atomic mass is 16.5. The van der Waals surface area contributed by atoms with Gasteiger partial charge in [-0.05, 0) is 23.6 Å². The maximum absolute atomic E-state index is 11.5. The summed E-state index contributed by atoms with van der Waals surface area (Å²) in [4.78, 5) is 22.6. The molecular weight excluding hydrogens is 246 g/mol. The van der Waals surface area contributed by atoms with E-state index in [1.165, 1.54) is 20.1 Å². The summed E-state index contributed by atoms with van der Waals surface area (Å²) >= 11 is 0. The molecule has 0 atom stereocenters. The number of esters is 1. The highest BCUT2D eigenvalue weighted by Gasteiger charge is 2.13. The van der Waals surface area contributed by atoms with Crippen molar-refractivity contribution in [3.63, 3.8) is 0 Å². The molecule has 98 valence electrons. The molecule has 0 heterocycles. The second-order valence-corrected chi connectivity index (χ2v) is 4.07. The van der Waals surface area contributed by atoms with Crippen molar-refractivity contribution < 1.29 is 19.4 Å². The molecule has 0 saturated carbocycles. The maximum Gasteiger partial charge on any atom is 0.338 e. The number of phenolic OH excluding ortho intramolecular Hbond substituents is 1. The molecular formula is C14H13NO4. The summed E-state index contributed by atoms with van der Waals surface area (Å²) in [5.41, 5.74) is 0.756. The van der Waals surface area contributed by atoms with E-state index in [1.54, 1.807) is 24.3 Å². The van der Waals surface area contributed by atoms with Crippen molar-refractivity contribution in [1.82, 2.24) is 0 Å². The van der Waals surface area contributed by atoms with Gasteiger partial charge in [0.25, 0.3) is 0 Å². The van der Waals surface area contributed by atoms with Crippen molar-refractivity contribution in [3.05, 3.63) is 35.9 Å². The summed E-state index contributed by atoms with van der Waals surface area (Å²) in [6.45, 7) is 1.39. The molecule has 0 spiro atoms. The van der Waals surface area contributed by atoms with Crippen molar-refractivity contribution in [1.29, 1.82) is 0 Å². The Bertz CT molecular complexity index is 664. The van der Waals surface area contributed by atoms with Crippen molar-refractivity contribution in [3.8, 4) is 5.75 Å². The van der Waals surface area contributed by atoms with Crippen molar-refractivity contribution in [2.24, 2.45) is 0 Å². The maximum atomic E-state index is 11.5. The topological polar surface area (TPSA) is 75.6 Å². The van der Waals surface area contributed by atoms with E-state index >= 15 is 0 Å². The highest BCUT2D eigenvalue weighted by molar-refractivity contribution is 6.07. The molecule has 2 aromatic carbocycles. The van der Waals surface area contributed by atoms with Gasteiger partial charge in [0, 0.05) is 12.3 Å². The van der Waals surface area contributed by atoms with Crippen LogP contribution in [0.4, 0.5) is 5.69 Å². The second kappa shape index (κ2) is 4.97. The summed E-state index contributed by atoms with van der Waals surface area (Å²) in [6.07, 6.45) is 0. The monoisotopic (exact) mass is 259 g/mol. The Morgan fingerprint density at radius 2 is 2.00 bits per heavy atom. The zero-order chi connectivity index (χ0) is 14.0. The second-order valence-electron chi connectivity index (χ2n) is 4.07. The van der Waals surface area contributed by atoms with Crippen LogP contribution in [0.5, 0.6) is 5.75 Å². The molecule has 1 amide bonds. The molecule has 2 rings (SSSR count). The molecule has 5 nitrogen and oxygen atoms in total. The molecule has 0 aromatic heterocycles. The number of fused-ring (bicyclic) bond motifs is 1. The lowest BCUT2D eigenvalue weighted by Crippen LogP contribution is -2.06. The van der Waals surface area contributed by atoms with Crippen molar-refractivity contribution in [2.75, 3.05) is 12.4 Å². The lowest BCUT2D eigenvalue weighted by Gasteiger charge is -2.10. The van der Waals surface area contributed by atoms with E-state index in [1.807, 2.05) is 0 Å². The fraction of sp³-hybridized carbons (Fsp3) is 0.143. The van der Waals surface area contributed by atoms with Crippen LogP contribution in [0.1, 0.15) is 17.3 Å². The van der Waals surface area contributed by atoms with Gasteiger partial charge in [-0.2, -0.15) is 0 Å². The van der Waals surface area contributed by atoms with Gasteiger partial charge in [-0.1, -0.05) is 12.1 Å². The molecule has 19 heavy (non-hydrogen) atoms. The van der Waals surface area contributed by atoms with Crippen LogP contribution in [0.15, 0.2) is 30.3 Å². The first-order chi connectivity index (χ1) is 9.02. The Balaban J connectivity index is 2.65. The third-order valence-electron chi connectivity index (χ3n) is 2.69. The lowest BCUT2D eigenvalue weighted by atomic mass is 10.0. The number of benzene rings is 2. The first-order valence-corrected chi connectivity index (χ1v) is 5.64. The number of nitrogens with one attached hydrogen (secondary N) is 1. The molecule has 0 bridgehead atoms. The SMILES string of the molecule is COC(=O)c1cc(O)c2c(NC(C)=O)cccc2c1. The number of hydrogen-bond donors (Lipinski definition) is 2. The lowest BCUT2D eigenvalue weighted by molar-refractivity contribution is -0.114. The van der Waals surface area contributed by atoms with Gasteiger partial charge in [-0.15, -0.1) is 0 Å². The average Bonchev–Trinajstić information content (AvgIpc) is 2.36. The van der Waals surface area contributed by atoms with Crippen LogP contribution in [0.3, 0.4) is 0 Å². The van der Waals surface area contributed by atoms with Crippen molar-refractivity contribution >= 4 is 28.3 Å². The Morgan fingerprint density at radius 3 is 2.63 bits per heavy atom. The fourth-order valence-corrected chi connectivity index (χ4v) is 1.93. The predicted molar refractivity (Wildman–Crippen MR) is 71.3 cm³/mol. The molecule has 0 fully saturated rings. The first kappa shape index (κ1) is 12.9. The van der Waals surface area contributed by atoms with Gasteiger partial charge in [0.05, 0.1) is 18.4 Å². The van der Waals surface area contributed by atoms with Crippen LogP contribution >= 0.6 is 0 Å². The van der Waals surface area contributed by atoms with Gasteiger partial charge in [-0.3, -0.25) is 4.79 Å². The number of amides is 1. The van der Waals surface area contributed by atoms with Gasteiger partial charge in [0.2, 0.25) is 5.91 Å². The molecule has 0 radical (unpaired) electrons. The standard InChI is InChI=1S/C14H13NO4/c1-8(16)15-11-5-3-4-9-6-10(14(18)19-2)7-12(17)13(9)11/h3-7,17H,1-2H3,(H,15,16). The van der Waals surface area contributed by atoms with Crippen LogP contribution in [-0.4, -0.2) is 24.1 Å². The Labute approximate surface area is 109 Å². The Hall–Kier alpha value is -2.56. The number of rotatable bonds is 2. The predicted octanol–water partition coefficient (Wildman–Crippen LogP) is 2.29. The molecule has 0 unspecified atom stereocenters. The average molecular weight is 259 g/mol. The van der Waals surface area contributed by atoms with Crippen molar-refractivity contribution in [2.45, 2.75) is 6.92 Å². The molecule has 5 heteroatoms. The minimum atomic E-state index is -0.526. The van der Waals surface area contributed by atoms with Crippen LogP contribution < -0.4 is 5.32 Å². The molecule has 2 N–H and O–H groups in total. The number of anilines is 1. The number of carbonyl (C=O) groups excluding carboxylic acids is 2. The molecule has 0 aliphatic carbocycles. The fourth-order valence-electron chi connectivity index (χ4n) is 1.93. The van der Waals surface area contributed by atoms with Gasteiger partial charge in [0.15, 0.2) is 0 Å². The number of carbonyl (C=O) groups is 2.